The Morgan fingerprint density at radius 2 is 1.58 bits per heavy atom. The molecule has 0 aromatic heterocycles. The first kappa shape index (κ1) is 16.9. The van der Waals surface area contributed by atoms with E-state index < -0.39 is 17.5 Å². The fraction of sp³-hybridized carbons (Fsp3) is 0.400. The molecule has 0 amide bonds. The summed E-state index contributed by atoms with van der Waals surface area (Å²) in [6.45, 7) is 2.00. The molecule has 0 aliphatic heterocycles. The van der Waals surface area contributed by atoms with Crippen molar-refractivity contribution in [3.63, 3.8) is 0 Å². The Bertz CT molecular complexity index is 696. The van der Waals surface area contributed by atoms with Crippen molar-refractivity contribution >= 4 is 0 Å². The maximum absolute atomic E-state index is 13.1. The molecule has 0 unspecified atom stereocenters. The van der Waals surface area contributed by atoms with Crippen LogP contribution < -0.4 is 0 Å². The van der Waals surface area contributed by atoms with Crippen LogP contribution >= 0.6 is 0 Å². The van der Waals surface area contributed by atoms with Gasteiger partial charge in [0, 0.05) is 5.41 Å². The molecule has 0 bridgehead atoms. The van der Waals surface area contributed by atoms with Crippen molar-refractivity contribution < 1.29 is 18.3 Å². The summed E-state index contributed by atoms with van der Waals surface area (Å²) in [6, 6.07) is 14.9. The minimum Gasteiger partial charge on any atom is -0.508 e. The zero-order valence-corrected chi connectivity index (χ0v) is 13.6. The number of aryl methyl sites for hydroxylation is 1. The first-order valence-corrected chi connectivity index (χ1v) is 8.25. The summed E-state index contributed by atoms with van der Waals surface area (Å²) in [6.07, 6.45) is -2.92. The Labute approximate surface area is 140 Å². The van der Waals surface area contributed by atoms with Gasteiger partial charge in [-0.05, 0) is 55.9 Å². The van der Waals surface area contributed by atoms with Gasteiger partial charge < -0.3 is 5.11 Å². The van der Waals surface area contributed by atoms with Crippen LogP contribution in [0.3, 0.4) is 0 Å². The maximum Gasteiger partial charge on any atom is 0.391 e. The normalized spacial score (nSPS) is 24.8. The Morgan fingerprint density at radius 1 is 0.958 bits per heavy atom. The third-order valence-corrected chi connectivity index (χ3v) is 5.29. The molecule has 1 aliphatic rings. The molecule has 1 N–H and O–H groups in total. The zero-order valence-electron chi connectivity index (χ0n) is 13.6. The quantitative estimate of drug-likeness (QED) is 0.742. The molecule has 128 valence electrons. The average Bonchev–Trinajstić information content (AvgIpc) is 2.55. The van der Waals surface area contributed by atoms with Gasteiger partial charge in [-0.2, -0.15) is 13.2 Å². The number of rotatable bonds is 2. The van der Waals surface area contributed by atoms with Gasteiger partial charge >= 0.3 is 6.18 Å². The Morgan fingerprint density at radius 3 is 2.12 bits per heavy atom. The molecular formula is C20H21F3O. The molecule has 0 heterocycles. The molecule has 0 spiro atoms. The lowest BCUT2D eigenvalue weighted by molar-refractivity contribution is -0.184. The lowest BCUT2D eigenvalue weighted by Crippen LogP contribution is -2.37. The molecule has 1 saturated carbocycles. The third kappa shape index (κ3) is 3.14. The van der Waals surface area contributed by atoms with Crippen molar-refractivity contribution in [2.75, 3.05) is 0 Å². The fourth-order valence-electron chi connectivity index (χ4n) is 3.91. The van der Waals surface area contributed by atoms with E-state index in [2.05, 4.69) is 6.07 Å². The summed E-state index contributed by atoms with van der Waals surface area (Å²) < 4.78 is 39.2. The van der Waals surface area contributed by atoms with E-state index >= 15 is 0 Å². The number of hydrogen-bond acceptors (Lipinski definition) is 1. The van der Waals surface area contributed by atoms with Gasteiger partial charge in [0.25, 0.3) is 0 Å². The Hall–Kier alpha value is -1.97. The van der Waals surface area contributed by atoms with Gasteiger partial charge in [0.1, 0.15) is 5.75 Å². The monoisotopic (exact) mass is 334 g/mol. The van der Waals surface area contributed by atoms with E-state index in [4.69, 9.17) is 0 Å². The second kappa shape index (κ2) is 6.15. The van der Waals surface area contributed by atoms with E-state index in [1.165, 1.54) is 0 Å². The van der Waals surface area contributed by atoms with E-state index in [9.17, 15) is 18.3 Å². The third-order valence-electron chi connectivity index (χ3n) is 5.29. The molecule has 0 radical (unpaired) electrons. The maximum atomic E-state index is 13.1. The molecule has 1 nitrogen and oxygen atoms in total. The van der Waals surface area contributed by atoms with E-state index in [1.54, 1.807) is 12.1 Å². The Kier molecular flexibility index (Phi) is 4.33. The number of hydrogen-bond donors (Lipinski definition) is 1. The van der Waals surface area contributed by atoms with Crippen LogP contribution in [0.5, 0.6) is 5.75 Å². The van der Waals surface area contributed by atoms with Crippen LogP contribution in [-0.4, -0.2) is 11.3 Å². The smallest absolute Gasteiger partial charge is 0.391 e. The fourth-order valence-corrected chi connectivity index (χ4v) is 3.91. The summed E-state index contributed by atoms with van der Waals surface area (Å²) in [5.41, 5.74) is 2.73. The van der Waals surface area contributed by atoms with Crippen LogP contribution in [0.2, 0.25) is 0 Å². The zero-order chi connectivity index (χ0) is 17.4. The summed E-state index contributed by atoms with van der Waals surface area (Å²) in [7, 11) is 0. The highest BCUT2D eigenvalue weighted by atomic mass is 19.4. The van der Waals surface area contributed by atoms with Crippen LogP contribution in [0.1, 0.15) is 42.4 Å². The van der Waals surface area contributed by atoms with Gasteiger partial charge in [-0.3, -0.25) is 0 Å². The second-order valence-corrected chi connectivity index (χ2v) is 6.81. The SMILES string of the molecule is Cc1cccc(C2(c3ccc(O)cc3)CCC(C(F)(F)F)CC2)c1. The highest BCUT2D eigenvalue weighted by Gasteiger charge is 2.47. The molecule has 1 aliphatic carbocycles. The molecule has 24 heavy (non-hydrogen) atoms. The average molecular weight is 334 g/mol. The number of phenolic OH excluding ortho intramolecular Hbond substituents is 1. The number of alkyl halides is 3. The van der Waals surface area contributed by atoms with E-state index in [0.29, 0.717) is 12.8 Å². The number of halogens is 3. The molecule has 0 atom stereocenters. The van der Waals surface area contributed by atoms with Crippen LogP contribution in [-0.2, 0) is 5.41 Å². The van der Waals surface area contributed by atoms with Crippen LogP contribution in [0.25, 0.3) is 0 Å². The van der Waals surface area contributed by atoms with Crippen molar-refractivity contribution in [3.8, 4) is 5.75 Å². The van der Waals surface area contributed by atoms with E-state index in [-0.39, 0.29) is 18.6 Å². The van der Waals surface area contributed by atoms with Gasteiger partial charge in [0.15, 0.2) is 0 Å². The van der Waals surface area contributed by atoms with E-state index in [1.807, 2.05) is 37.3 Å². The largest absolute Gasteiger partial charge is 0.508 e. The van der Waals surface area contributed by atoms with Gasteiger partial charge in [-0.15, -0.1) is 0 Å². The minimum atomic E-state index is -4.12. The van der Waals surface area contributed by atoms with Gasteiger partial charge in [-0.25, -0.2) is 0 Å². The molecule has 4 heteroatoms. The summed E-state index contributed by atoms with van der Waals surface area (Å²) in [5, 5.41) is 9.55. The van der Waals surface area contributed by atoms with Gasteiger partial charge in [0.05, 0.1) is 5.92 Å². The lowest BCUT2D eigenvalue weighted by atomic mass is 9.63. The molecule has 3 rings (SSSR count). The molecule has 2 aromatic carbocycles. The number of benzene rings is 2. The first-order valence-electron chi connectivity index (χ1n) is 8.25. The van der Waals surface area contributed by atoms with Crippen LogP contribution in [0.4, 0.5) is 13.2 Å². The standard InChI is InChI=1S/C20H21F3O/c1-14-3-2-4-17(13-14)19(15-5-7-18(24)8-6-15)11-9-16(10-12-19)20(21,22)23/h2-8,13,16,24H,9-12H2,1H3. The van der Waals surface area contributed by atoms with Crippen molar-refractivity contribution in [2.24, 2.45) is 5.92 Å². The number of phenols is 1. The summed E-state index contributed by atoms with van der Waals surface area (Å²) in [4.78, 5) is 0. The highest BCUT2D eigenvalue weighted by molar-refractivity contribution is 5.43. The minimum absolute atomic E-state index is 0.137. The highest BCUT2D eigenvalue weighted by Crippen LogP contribution is 2.50. The van der Waals surface area contributed by atoms with Crippen molar-refractivity contribution in [1.82, 2.24) is 0 Å². The molecule has 0 saturated heterocycles. The van der Waals surface area contributed by atoms with Crippen molar-refractivity contribution in [2.45, 2.75) is 44.2 Å². The van der Waals surface area contributed by atoms with Crippen LogP contribution in [0, 0.1) is 12.8 Å². The van der Waals surface area contributed by atoms with Gasteiger partial charge in [0.2, 0.25) is 0 Å². The molecular weight excluding hydrogens is 313 g/mol. The predicted molar refractivity (Wildman–Crippen MR) is 88.1 cm³/mol. The molecule has 1 fully saturated rings. The van der Waals surface area contributed by atoms with E-state index in [0.717, 1.165) is 16.7 Å². The molecule has 2 aromatic rings. The topological polar surface area (TPSA) is 20.2 Å². The predicted octanol–water partition coefficient (Wildman–Crippen LogP) is 5.74. The van der Waals surface area contributed by atoms with Crippen LogP contribution in [0.15, 0.2) is 48.5 Å². The summed E-state index contributed by atoms with van der Waals surface area (Å²) in [5.74, 6) is -1.05. The lowest BCUT2D eigenvalue weighted by Gasteiger charge is -2.42. The summed E-state index contributed by atoms with van der Waals surface area (Å²) >= 11 is 0. The second-order valence-electron chi connectivity index (χ2n) is 6.81. The van der Waals surface area contributed by atoms with Gasteiger partial charge in [-0.1, -0.05) is 42.0 Å². The number of aromatic hydroxyl groups is 1. The van der Waals surface area contributed by atoms with Crippen molar-refractivity contribution in [1.29, 1.82) is 0 Å². The first-order chi connectivity index (χ1) is 11.3. The van der Waals surface area contributed by atoms with Crippen molar-refractivity contribution in [3.05, 3.63) is 65.2 Å². The Balaban J connectivity index is 2.02.